The zero-order valence-electron chi connectivity index (χ0n) is 11.9. The van der Waals surface area contributed by atoms with Gasteiger partial charge in [0.05, 0.1) is 11.2 Å². The van der Waals surface area contributed by atoms with E-state index in [2.05, 4.69) is 5.32 Å². The molecule has 1 aromatic carbocycles. The average Bonchev–Trinajstić information content (AvgIpc) is 2.34. The van der Waals surface area contributed by atoms with Crippen LogP contribution in [0.15, 0.2) is 18.2 Å². The fourth-order valence-electron chi connectivity index (χ4n) is 1.94. The van der Waals surface area contributed by atoms with Gasteiger partial charge in [-0.1, -0.05) is 6.07 Å². The first-order chi connectivity index (χ1) is 9.10. The predicted octanol–water partition coefficient (Wildman–Crippen LogP) is 3.92. The summed E-state index contributed by atoms with van der Waals surface area (Å²) in [6.07, 6.45) is -4.17. The summed E-state index contributed by atoms with van der Waals surface area (Å²) in [5.41, 5.74) is -1.25. The standard InChI is InChI=1S/C14H19F4NO/c1-13(2,20-4)8-12(19-3)9-5-6-10(11(15)7-9)14(16,17)18/h5-7,12,19H,8H2,1-4H3. The van der Waals surface area contributed by atoms with Crippen LogP contribution in [0.1, 0.15) is 37.4 Å². The lowest BCUT2D eigenvalue weighted by Crippen LogP contribution is -2.30. The van der Waals surface area contributed by atoms with Crippen LogP contribution in [0.5, 0.6) is 0 Å². The Morgan fingerprint density at radius 1 is 1.25 bits per heavy atom. The molecule has 0 fully saturated rings. The van der Waals surface area contributed by atoms with Gasteiger partial charge in [0.2, 0.25) is 0 Å². The zero-order valence-corrected chi connectivity index (χ0v) is 11.9. The molecule has 1 N–H and O–H groups in total. The highest BCUT2D eigenvalue weighted by molar-refractivity contribution is 5.28. The van der Waals surface area contributed by atoms with Crippen LogP contribution in [0.2, 0.25) is 0 Å². The highest BCUT2D eigenvalue weighted by Crippen LogP contribution is 2.33. The van der Waals surface area contributed by atoms with Gasteiger partial charge in [0.1, 0.15) is 5.82 Å². The molecule has 0 bridgehead atoms. The molecule has 0 aliphatic rings. The zero-order chi connectivity index (χ0) is 15.6. The summed E-state index contributed by atoms with van der Waals surface area (Å²) in [6, 6.07) is 2.70. The predicted molar refractivity (Wildman–Crippen MR) is 68.9 cm³/mol. The molecule has 1 rings (SSSR count). The SMILES string of the molecule is CNC(CC(C)(C)OC)c1ccc(C(F)(F)F)c(F)c1. The molecular weight excluding hydrogens is 274 g/mol. The lowest BCUT2D eigenvalue weighted by Gasteiger charge is -2.28. The van der Waals surface area contributed by atoms with Crippen molar-refractivity contribution in [3.05, 3.63) is 35.1 Å². The number of benzene rings is 1. The number of ether oxygens (including phenoxy) is 1. The van der Waals surface area contributed by atoms with Crippen molar-refractivity contribution in [1.82, 2.24) is 5.32 Å². The Morgan fingerprint density at radius 2 is 1.85 bits per heavy atom. The molecule has 0 radical (unpaired) electrons. The second-order valence-electron chi connectivity index (χ2n) is 5.25. The highest BCUT2D eigenvalue weighted by atomic mass is 19.4. The van der Waals surface area contributed by atoms with Crippen molar-refractivity contribution in [3.63, 3.8) is 0 Å². The number of rotatable bonds is 5. The van der Waals surface area contributed by atoms with Crippen LogP contribution in [0.25, 0.3) is 0 Å². The minimum Gasteiger partial charge on any atom is -0.379 e. The molecule has 6 heteroatoms. The molecule has 1 unspecified atom stereocenters. The van der Waals surface area contributed by atoms with Crippen LogP contribution in [0.4, 0.5) is 17.6 Å². The quantitative estimate of drug-likeness (QED) is 0.831. The van der Waals surface area contributed by atoms with E-state index in [4.69, 9.17) is 4.74 Å². The average molecular weight is 293 g/mol. The van der Waals surface area contributed by atoms with Crippen molar-refractivity contribution in [3.8, 4) is 0 Å². The fourth-order valence-corrected chi connectivity index (χ4v) is 1.94. The second kappa shape index (κ2) is 6.10. The fraction of sp³-hybridized carbons (Fsp3) is 0.571. The van der Waals surface area contributed by atoms with Gasteiger partial charge >= 0.3 is 6.18 Å². The van der Waals surface area contributed by atoms with E-state index in [1.165, 1.54) is 6.07 Å². The largest absolute Gasteiger partial charge is 0.419 e. The van der Waals surface area contributed by atoms with E-state index < -0.39 is 23.2 Å². The van der Waals surface area contributed by atoms with Crippen molar-refractivity contribution in [2.24, 2.45) is 0 Å². The molecule has 0 spiro atoms. The Bertz CT molecular complexity index is 457. The van der Waals surface area contributed by atoms with Gasteiger partial charge in [0, 0.05) is 13.2 Å². The van der Waals surface area contributed by atoms with Gasteiger partial charge in [0.15, 0.2) is 0 Å². The maximum absolute atomic E-state index is 13.6. The van der Waals surface area contributed by atoms with Gasteiger partial charge in [-0.15, -0.1) is 0 Å². The van der Waals surface area contributed by atoms with Crippen LogP contribution < -0.4 is 5.32 Å². The smallest absolute Gasteiger partial charge is 0.379 e. The van der Waals surface area contributed by atoms with Crippen molar-refractivity contribution in [2.75, 3.05) is 14.2 Å². The van der Waals surface area contributed by atoms with Gasteiger partial charge in [-0.25, -0.2) is 4.39 Å². The monoisotopic (exact) mass is 293 g/mol. The molecule has 20 heavy (non-hydrogen) atoms. The Balaban J connectivity index is 3.04. The number of nitrogens with one attached hydrogen (secondary N) is 1. The highest BCUT2D eigenvalue weighted by Gasteiger charge is 2.34. The molecule has 114 valence electrons. The molecule has 0 saturated heterocycles. The maximum Gasteiger partial charge on any atom is 0.419 e. The molecular formula is C14H19F4NO. The van der Waals surface area contributed by atoms with Crippen molar-refractivity contribution in [2.45, 2.75) is 38.1 Å². The van der Waals surface area contributed by atoms with Gasteiger partial charge < -0.3 is 10.1 Å². The first-order valence-corrected chi connectivity index (χ1v) is 6.20. The van der Waals surface area contributed by atoms with E-state index in [9.17, 15) is 17.6 Å². The number of halogens is 4. The van der Waals surface area contributed by atoms with E-state index in [0.29, 0.717) is 12.0 Å². The van der Waals surface area contributed by atoms with Crippen LogP contribution in [-0.4, -0.2) is 19.8 Å². The molecule has 0 aliphatic heterocycles. The van der Waals surface area contributed by atoms with E-state index in [1.807, 2.05) is 13.8 Å². The maximum atomic E-state index is 13.6. The molecule has 0 aliphatic carbocycles. The van der Waals surface area contributed by atoms with Crippen molar-refractivity contribution in [1.29, 1.82) is 0 Å². The summed E-state index contributed by atoms with van der Waals surface area (Å²) in [5.74, 6) is -1.26. The number of alkyl halides is 3. The van der Waals surface area contributed by atoms with E-state index in [0.717, 1.165) is 12.1 Å². The van der Waals surface area contributed by atoms with E-state index in [-0.39, 0.29) is 6.04 Å². The van der Waals surface area contributed by atoms with E-state index in [1.54, 1.807) is 14.2 Å². The minimum absolute atomic E-state index is 0.290. The minimum atomic E-state index is -4.68. The van der Waals surface area contributed by atoms with Gasteiger partial charge in [-0.2, -0.15) is 13.2 Å². The summed E-state index contributed by atoms with van der Waals surface area (Å²) in [4.78, 5) is 0. The van der Waals surface area contributed by atoms with Crippen LogP contribution in [-0.2, 0) is 10.9 Å². The third-order valence-electron chi connectivity index (χ3n) is 3.30. The molecule has 0 saturated carbocycles. The van der Waals surface area contributed by atoms with Gasteiger partial charge in [-0.3, -0.25) is 0 Å². The van der Waals surface area contributed by atoms with E-state index >= 15 is 0 Å². The summed E-state index contributed by atoms with van der Waals surface area (Å²) in [7, 11) is 3.23. The summed E-state index contributed by atoms with van der Waals surface area (Å²) >= 11 is 0. The molecule has 1 aromatic rings. The van der Waals surface area contributed by atoms with Crippen LogP contribution >= 0.6 is 0 Å². The molecule has 0 aromatic heterocycles. The molecule has 0 amide bonds. The lowest BCUT2D eigenvalue weighted by molar-refractivity contribution is -0.140. The number of methoxy groups -OCH3 is 1. The first-order valence-electron chi connectivity index (χ1n) is 6.20. The summed E-state index contributed by atoms with van der Waals surface area (Å²) < 4.78 is 56.4. The van der Waals surface area contributed by atoms with Gasteiger partial charge in [-0.05, 0) is 45.0 Å². The topological polar surface area (TPSA) is 21.3 Å². The summed E-state index contributed by atoms with van der Waals surface area (Å²) in [5, 5.41) is 2.97. The third-order valence-corrected chi connectivity index (χ3v) is 3.30. The molecule has 2 nitrogen and oxygen atoms in total. The van der Waals surface area contributed by atoms with Crippen molar-refractivity contribution < 1.29 is 22.3 Å². The molecule has 0 heterocycles. The Kier molecular flexibility index (Phi) is 5.15. The Labute approximate surface area is 116 Å². The molecule has 1 atom stereocenters. The Hall–Kier alpha value is -1.14. The number of hydrogen-bond donors (Lipinski definition) is 1. The number of hydrogen-bond acceptors (Lipinski definition) is 2. The normalized spacial score (nSPS) is 14.4. The third kappa shape index (κ3) is 4.18. The second-order valence-corrected chi connectivity index (χ2v) is 5.25. The van der Waals surface area contributed by atoms with Crippen LogP contribution in [0.3, 0.4) is 0 Å². The van der Waals surface area contributed by atoms with Gasteiger partial charge in [0.25, 0.3) is 0 Å². The Morgan fingerprint density at radius 3 is 2.25 bits per heavy atom. The lowest BCUT2D eigenvalue weighted by atomic mass is 9.93. The van der Waals surface area contributed by atoms with Crippen molar-refractivity contribution >= 4 is 0 Å². The first kappa shape index (κ1) is 16.9. The summed E-state index contributed by atoms with van der Waals surface area (Å²) in [6.45, 7) is 3.72. The van der Waals surface area contributed by atoms with Crippen LogP contribution in [0, 0.1) is 5.82 Å².